The number of rotatable bonds is 6. The third-order valence-electron chi connectivity index (χ3n) is 2.24. The number of nitrogens with two attached hydrogens (primary N) is 1. The molecule has 0 saturated heterocycles. The highest BCUT2D eigenvalue weighted by Gasteiger charge is 2.08. The molecule has 0 amide bonds. The summed E-state index contributed by atoms with van der Waals surface area (Å²) in [6.45, 7) is 6.71. The largest absolute Gasteiger partial charge is 0.383 e. The van der Waals surface area contributed by atoms with Crippen LogP contribution in [0.4, 0.5) is 5.82 Å². The van der Waals surface area contributed by atoms with Gasteiger partial charge in [0, 0.05) is 38.5 Å². The maximum atomic E-state index is 5.59. The van der Waals surface area contributed by atoms with Gasteiger partial charge >= 0.3 is 0 Å². The van der Waals surface area contributed by atoms with E-state index in [4.69, 9.17) is 10.5 Å². The molecule has 16 heavy (non-hydrogen) atoms. The molecular weight excluding hydrogens is 204 g/mol. The normalized spacial score (nSPS) is 10.5. The van der Waals surface area contributed by atoms with Gasteiger partial charge in [0.1, 0.15) is 11.6 Å². The summed E-state index contributed by atoms with van der Waals surface area (Å²) in [5.74, 6) is 1.71. The van der Waals surface area contributed by atoms with E-state index in [-0.39, 0.29) is 0 Å². The van der Waals surface area contributed by atoms with Crippen LogP contribution in [-0.4, -0.2) is 43.3 Å². The molecule has 0 unspecified atom stereocenters. The molecule has 90 valence electrons. The van der Waals surface area contributed by atoms with Crippen LogP contribution in [0.15, 0.2) is 6.07 Å². The lowest BCUT2D eigenvalue weighted by Gasteiger charge is -2.23. The predicted molar refractivity (Wildman–Crippen MR) is 64.6 cm³/mol. The smallest absolute Gasteiger partial charge is 0.132 e. The molecule has 5 heteroatoms. The topological polar surface area (TPSA) is 64.3 Å². The summed E-state index contributed by atoms with van der Waals surface area (Å²) in [6, 6.07) is 1.97. The van der Waals surface area contributed by atoms with Crippen molar-refractivity contribution < 1.29 is 4.74 Å². The van der Waals surface area contributed by atoms with Crippen molar-refractivity contribution in [2.24, 2.45) is 5.73 Å². The molecule has 1 aromatic rings. The number of hydrogen-bond acceptors (Lipinski definition) is 5. The summed E-state index contributed by atoms with van der Waals surface area (Å²) in [5, 5.41) is 0. The van der Waals surface area contributed by atoms with E-state index in [0.717, 1.165) is 30.4 Å². The van der Waals surface area contributed by atoms with E-state index < -0.39 is 0 Å². The first-order valence-electron chi connectivity index (χ1n) is 5.43. The standard InChI is InChI=1S/C11H20N4O/c1-9-8-11(14-10(2)13-9)15(5-4-12)6-7-16-3/h8H,4-7,12H2,1-3H3. The van der Waals surface area contributed by atoms with Gasteiger partial charge in [-0.3, -0.25) is 0 Å². The van der Waals surface area contributed by atoms with Crippen molar-refractivity contribution in [3.05, 3.63) is 17.6 Å². The van der Waals surface area contributed by atoms with Crippen LogP contribution in [0.25, 0.3) is 0 Å². The Morgan fingerprint density at radius 1 is 1.31 bits per heavy atom. The van der Waals surface area contributed by atoms with Gasteiger partial charge in [-0.25, -0.2) is 9.97 Å². The molecule has 1 rings (SSSR count). The number of aryl methyl sites for hydroxylation is 2. The van der Waals surface area contributed by atoms with Crippen molar-refractivity contribution in [3.63, 3.8) is 0 Å². The van der Waals surface area contributed by atoms with Crippen LogP contribution in [0, 0.1) is 13.8 Å². The number of aromatic nitrogens is 2. The van der Waals surface area contributed by atoms with Crippen LogP contribution in [0.2, 0.25) is 0 Å². The van der Waals surface area contributed by atoms with E-state index in [0.29, 0.717) is 13.2 Å². The zero-order chi connectivity index (χ0) is 12.0. The van der Waals surface area contributed by atoms with Gasteiger partial charge in [-0.1, -0.05) is 0 Å². The zero-order valence-corrected chi connectivity index (χ0v) is 10.2. The number of nitrogens with zero attached hydrogens (tertiary/aromatic N) is 3. The van der Waals surface area contributed by atoms with Crippen molar-refractivity contribution in [3.8, 4) is 0 Å². The SMILES string of the molecule is COCCN(CCN)c1cc(C)nc(C)n1. The number of ether oxygens (including phenoxy) is 1. The lowest BCUT2D eigenvalue weighted by atomic mass is 10.3. The Hall–Kier alpha value is -1.20. The molecule has 0 saturated carbocycles. The lowest BCUT2D eigenvalue weighted by molar-refractivity contribution is 0.205. The van der Waals surface area contributed by atoms with Gasteiger partial charge in [-0.2, -0.15) is 0 Å². The zero-order valence-electron chi connectivity index (χ0n) is 10.2. The van der Waals surface area contributed by atoms with Crippen LogP contribution in [0.3, 0.4) is 0 Å². The number of methoxy groups -OCH3 is 1. The Kier molecular flexibility index (Phi) is 5.14. The van der Waals surface area contributed by atoms with E-state index in [1.54, 1.807) is 7.11 Å². The van der Waals surface area contributed by atoms with E-state index in [1.807, 2.05) is 19.9 Å². The lowest BCUT2D eigenvalue weighted by Crippen LogP contribution is -2.33. The first-order chi connectivity index (χ1) is 7.67. The van der Waals surface area contributed by atoms with E-state index >= 15 is 0 Å². The number of anilines is 1. The minimum atomic E-state index is 0.603. The maximum Gasteiger partial charge on any atom is 0.132 e. The molecule has 0 aliphatic carbocycles. The molecule has 0 atom stereocenters. The average Bonchev–Trinajstić information content (AvgIpc) is 2.22. The summed E-state index contributed by atoms with van der Waals surface area (Å²) in [5.41, 5.74) is 6.56. The second-order valence-corrected chi connectivity index (χ2v) is 3.68. The van der Waals surface area contributed by atoms with Gasteiger partial charge in [-0.05, 0) is 13.8 Å². The van der Waals surface area contributed by atoms with E-state index in [2.05, 4.69) is 14.9 Å². The average molecular weight is 224 g/mol. The Morgan fingerprint density at radius 2 is 2.06 bits per heavy atom. The van der Waals surface area contributed by atoms with Gasteiger partial charge in [0.2, 0.25) is 0 Å². The first kappa shape index (κ1) is 12.9. The van der Waals surface area contributed by atoms with Gasteiger partial charge in [0.05, 0.1) is 6.61 Å². The first-order valence-corrected chi connectivity index (χ1v) is 5.43. The molecule has 0 aliphatic rings. The van der Waals surface area contributed by atoms with Gasteiger partial charge < -0.3 is 15.4 Å². The second-order valence-electron chi connectivity index (χ2n) is 3.68. The van der Waals surface area contributed by atoms with Crippen LogP contribution >= 0.6 is 0 Å². The molecule has 0 spiro atoms. The molecule has 0 bridgehead atoms. The van der Waals surface area contributed by atoms with Gasteiger partial charge in [-0.15, -0.1) is 0 Å². The predicted octanol–water partition coefficient (Wildman–Crippen LogP) is 0.505. The van der Waals surface area contributed by atoms with Gasteiger partial charge in [0.25, 0.3) is 0 Å². The Labute approximate surface area is 96.6 Å². The van der Waals surface area contributed by atoms with Crippen molar-refractivity contribution in [2.45, 2.75) is 13.8 Å². The van der Waals surface area contributed by atoms with Crippen LogP contribution in [-0.2, 0) is 4.74 Å². The Balaban J connectivity index is 2.82. The fourth-order valence-corrected chi connectivity index (χ4v) is 1.56. The molecule has 0 aliphatic heterocycles. The maximum absolute atomic E-state index is 5.59. The molecular formula is C11H20N4O. The highest BCUT2D eigenvalue weighted by Crippen LogP contribution is 2.11. The highest BCUT2D eigenvalue weighted by molar-refractivity contribution is 5.39. The molecule has 0 radical (unpaired) electrons. The van der Waals surface area contributed by atoms with Crippen molar-refractivity contribution in [1.29, 1.82) is 0 Å². The van der Waals surface area contributed by atoms with Crippen LogP contribution in [0.5, 0.6) is 0 Å². The fraction of sp³-hybridized carbons (Fsp3) is 0.636. The quantitative estimate of drug-likeness (QED) is 0.762. The molecule has 1 heterocycles. The van der Waals surface area contributed by atoms with E-state index in [1.165, 1.54) is 0 Å². The van der Waals surface area contributed by atoms with Crippen LogP contribution < -0.4 is 10.6 Å². The Bertz CT molecular complexity index is 310. The molecule has 2 N–H and O–H groups in total. The highest BCUT2D eigenvalue weighted by atomic mass is 16.5. The summed E-state index contributed by atoms with van der Waals surface area (Å²) in [7, 11) is 1.69. The molecule has 0 aromatic carbocycles. The van der Waals surface area contributed by atoms with Gasteiger partial charge in [0.15, 0.2) is 0 Å². The van der Waals surface area contributed by atoms with Crippen molar-refractivity contribution in [1.82, 2.24) is 9.97 Å². The molecule has 5 nitrogen and oxygen atoms in total. The minimum Gasteiger partial charge on any atom is -0.383 e. The fourth-order valence-electron chi connectivity index (χ4n) is 1.56. The monoisotopic (exact) mass is 224 g/mol. The molecule has 0 fully saturated rings. The van der Waals surface area contributed by atoms with Crippen molar-refractivity contribution >= 4 is 5.82 Å². The summed E-state index contributed by atoms with van der Waals surface area (Å²) in [6.07, 6.45) is 0. The summed E-state index contributed by atoms with van der Waals surface area (Å²) < 4.78 is 5.07. The van der Waals surface area contributed by atoms with E-state index in [9.17, 15) is 0 Å². The summed E-state index contributed by atoms with van der Waals surface area (Å²) in [4.78, 5) is 10.8. The second kappa shape index (κ2) is 6.40. The Morgan fingerprint density at radius 3 is 2.62 bits per heavy atom. The number of hydrogen-bond donors (Lipinski definition) is 1. The molecule has 1 aromatic heterocycles. The van der Waals surface area contributed by atoms with Crippen LogP contribution in [0.1, 0.15) is 11.5 Å². The summed E-state index contributed by atoms with van der Waals surface area (Å²) >= 11 is 0. The third kappa shape index (κ3) is 3.75. The third-order valence-corrected chi connectivity index (χ3v) is 2.24. The minimum absolute atomic E-state index is 0.603. The van der Waals surface area contributed by atoms with Crippen molar-refractivity contribution in [2.75, 3.05) is 38.3 Å².